The largest absolute Gasteiger partial charge is 0.352 e. The Morgan fingerprint density at radius 3 is 2.27 bits per heavy atom. The topological polar surface area (TPSA) is 66.5 Å². The van der Waals surface area contributed by atoms with Gasteiger partial charge in [-0.2, -0.15) is 4.31 Å². The Kier molecular flexibility index (Phi) is 5.96. The molecule has 0 saturated carbocycles. The minimum atomic E-state index is -3.48. The van der Waals surface area contributed by atoms with Crippen molar-refractivity contribution < 1.29 is 13.2 Å². The number of nitrogens with zero attached hydrogens (tertiary/aromatic N) is 1. The van der Waals surface area contributed by atoms with Gasteiger partial charge in [0, 0.05) is 30.6 Å². The number of piperidine rings is 1. The Bertz CT molecular complexity index is 846. The van der Waals surface area contributed by atoms with Gasteiger partial charge in [-0.25, -0.2) is 8.42 Å². The van der Waals surface area contributed by atoms with Crippen LogP contribution >= 0.6 is 11.6 Å². The van der Waals surface area contributed by atoms with Gasteiger partial charge >= 0.3 is 0 Å². The molecule has 0 atom stereocenters. The smallest absolute Gasteiger partial charge is 0.243 e. The van der Waals surface area contributed by atoms with Crippen LogP contribution in [0.25, 0.3) is 0 Å². The first-order chi connectivity index (χ1) is 12.5. The zero-order valence-corrected chi connectivity index (χ0v) is 15.8. The van der Waals surface area contributed by atoms with Crippen LogP contribution in [-0.2, 0) is 21.4 Å². The van der Waals surface area contributed by atoms with Crippen LogP contribution < -0.4 is 5.32 Å². The number of halogens is 1. The SMILES string of the molecule is O=C(NCc1ccc(Cl)cc1)C1CCN(S(=O)(=O)c2ccccc2)CC1. The monoisotopic (exact) mass is 392 g/mol. The zero-order valence-electron chi connectivity index (χ0n) is 14.3. The molecule has 3 rings (SSSR count). The molecule has 26 heavy (non-hydrogen) atoms. The molecule has 1 saturated heterocycles. The summed E-state index contributed by atoms with van der Waals surface area (Å²) in [5, 5.41) is 3.58. The van der Waals surface area contributed by atoms with E-state index in [0.29, 0.717) is 42.4 Å². The van der Waals surface area contributed by atoms with Crippen LogP contribution in [0.5, 0.6) is 0 Å². The fraction of sp³-hybridized carbons (Fsp3) is 0.316. The first kappa shape index (κ1) is 18.9. The van der Waals surface area contributed by atoms with E-state index in [9.17, 15) is 13.2 Å². The van der Waals surface area contributed by atoms with Crippen LogP contribution in [0.4, 0.5) is 0 Å². The van der Waals surface area contributed by atoms with Crippen molar-refractivity contribution in [2.75, 3.05) is 13.1 Å². The maximum absolute atomic E-state index is 12.6. The molecule has 1 fully saturated rings. The molecule has 0 radical (unpaired) electrons. The van der Waals surface area contributed by atoms with Gasteiger partial charge in [-0.15, -0.1) is 0 Å². The lowest BCUT2D eigenvalue weighted by atomic mass is 9.97. The quantitative estimate of drug-likeness (QED) is 0.850. The van der Waals surface area contributed by atoms with Crippen LogP contribution in [0.3, 0.4) is 0 Å². The van der Waals surface area contributed by atoms with Crippen molar-refractivity contribution in [1.82, 2.24) is 9.62 Å². The number of benzene rings is 2. The van der Waals surface area contributed by atoms with Gasteiger partial charge in [-0.3, -0.25) is 4.79 Å². The maximum Gasteiger partial charge on any atom is 0.243 e. The van der Waals surface area contributed by atoms with Crippen LogP contribution in [0.2, 0.25) is 5.02 Å². The highest BCUT2D eigenvalue weighted by atomic mass is 35.5. The van der Waals surface area contributed by atoms with Crippen LogP contribution in [0.1, 0.15) is 18.4 Å². The molecule has 7 heteroatoms. The Balaban J connectivity index is 1.53. The van der Waals surface area contributed by atoms with Crippen molar-refractivity contribution in [1.29, 1.82) is 0 Å². The molecule has 0 unspecified atom stereocenters. The Labute approximate surface area is 159 Å². The van der Waals surface area contributed by atoms with Crippen molar-refractivity contribution in [3.63, 3.8) is 0 Å². The van der Waals surface area contributed by atoms with E-state index in [1.54, 1.807) is 42.5 Å². The summed E-state index contributed by atoms with van der Waals surface area (Å²) in [7, 11) is -3.48. The summed E-state index contributed by atoms with van der Waals surface area (Å²) >= 11 is 5.85. The molecule has 2 aromatic carbocycles. The standard InChI is InChI=1S/C19H21ClN2O3S/c20-17-8-6-15(7-9-17)14-21-19(23)16-10-12-22(13-11-16)26(24,25)18-4-2-1-3-5-18/h1-9,16H,10-14H2,(H,21,23). The van der Waals surface area contributed by atoms with E-state index in [-0.39, 0.29) is 11.8 Å². The Morgan fingerprint density at radius 2 is 1.65 bits per heavy atom. The second-order valence-corrected chi connectivity index (χ2v) is 8.71. The lowest BCUT2D eigenvalue weighted by Gasteiger charge is -2.30. The van der Waals surface area contributed by atoms with Crippen molar-refractivity contribution >= 4 is 27.5 Å². The predicted molar refractivity (Wildman–Crippen MR) is 101 cm³/mol. The third-order valence-electron chi connectivity index (χ3n) is 4.59. The first-order valence-electron chi connectivity index (χ1n) is 8.54. The minimum Gasteiger partial charge on any atom is -0.352 e. The summed E-state index contributed by atoms with van der Waals surface area (Å²) in [5.41, 5.74) is 0.979. The van der Waals surface area contributed by atoms with Crippen molar-refractivity contribution in [2.24, 2.45) is 5.92 Å². The number of sulfonamides is 1. The third-order valence-corrected chi connectivity index (χ3v) is 6.75. The summed E-state index contributed by atoms with van der Waals surface area (Å²) < 4.78 is 26.7. The van der Waals surface area contributed by atoms with Gasteiger partial charge in [0.25, 0.3) is 0 Å². The average Bonchev–Trinajstić information content (AvgIpc) is 2.68. The number of carbonyl (C=O) groups is 1. The van der Waals surface area contributed by atoms with Crippen LogP contribution in [-0.4, -0.2) is 31.7 Å². The maximum atomic E-state index is 12.6. The molecule has 5 nitrogen and oxygen atoms in total. The van der Waals surface area contributed by atoms with Gasteiger partial charge in [0.1, 0.15) is 0 Å². The van der Waals surface area contributed by atoms with Crippen LogP contribution in [0, 0.1) is 5.92 Å². The second-order valence-electron chi connectivity index (χ2n) is 6.34. The summed E-state index contributed by atoms with van der Waals surface area (Å²) in [4.78, 5) is 12.7. The number of rotatable bonds is 5. The predicted octanol–water partition coefficient (Wildman–Crippen LogP) is 3.06. The molecule has 0 spiro atoms. The van der Waals surface area contributed by atoms with Crippen molar-refractivity contribution in [3.05, 3.63) is 65.2 Å². The molecular formula is C19H21ClN2O3S. The number of carbonyl (C=O) groups excluding carboxylic acids is 1. The first-order valence-corrected chi connectivity index (χ1v) is 10.4. The molecule has 138 valence electrons. The fourth-order valence-electron chi connectivity index (χ4n) is 3.04. The lowest BCUT2D eigenvalue weighted by Crippen LogP contribution is -2.42. The molecule has 1 aliphatic rings. The van der Waals surface area contributed by atoms with E-state index in [1.165, 1.54) is 4.31 Å². The zero-order chi connectivity index (χ0) is 18.6. The van der Waals surface area contributed by atoms with Crippen molar-refractivity contribution in [2.45, 2.75) is 24.3 Å². The fourth-order valence-corrected chi connectivity index (χ4v) is 4.65. The van der Waals surface area contributed by atoms with Crippen LogP contribution in [0.15, 0.2) is 59.5 Å². The highest BCUT2D eigenvalue weighted by Crippen LogP contribution is 2.24. The number of amides is 1. The van der Waals surface area contributed by atoms with Gasteiger partial charge in [0.2, 0.25) is 15.9 Å². The number of hydrogen-bond donors (Lipinski definition) is 1. The molecule has 0 bridgehead atoms. The molecule has 2 aromatic rings. The van der Waals surface area contributed by atoms with E-state index < -0.39 is 10.0 Å². The summed E-state index contributed by atoms with van der Waals surface area (Å²) in [6.45, 7) is 1.16. The van der Waals surface area contributed by atoms with E-state index in [4.69, 9.17) is 11.6 Å². The van der Waals surface area contributed by atoms with E-state index in [1.807, 2.05) is 12.1 Å². The van der Waals surface area contributed by atoms with Crippen molar-refractivity contribution in [3.8, 4) is 0 Å². The van der Waals surface area contributed by atoms with Gasteiger partial charge in [-0.1, -0.05) is 41.9 Å². The van der Waals surface area contributed by atoms with E-state index >= 15 is 0 Å². The van der Waals surface area contributed by atoms with Gasteiger partial charge < -0.3 is 5.32 Å². The van der Waals surface area contributed by atoms with E-state index in [0.717, 1.165) is 5.56 Å². The van der Waals surface area contributed by atoms with E-state index in [2.05, 4.69) is 5.32 Å². The molecule has 1 aliphatic heterocycles. The second kappa shape index (κ2) is 8.20. The minimum absolute atomic E-state index is 0.0308. The normalized spacial score (nSPS) is 16.3. The third kappa shape index (κ3) is 4.44. The Morgan fingerprint density at radius 1 is 1.04 bits per heavy atom. The molecule has 0 aliphatic carbocycles. The highest BCUT2D eigenvalue weighted by Gasteiger charge is 2.31. The average molecular weight is 393 g/mol. The molecule has 1 heterocycles. The highest BCUT2D eigenvalue weighted by molar-refractivity contribution is 7.89. The van der Waals surface area contributed by atoms with Gasteiger partial charge in [0.15, 0.2) is 0 Å². The molecular weight excluding hydrogens is 372 g/mol. The Hall–Kier alpha value is -1.89. The number of nitrogens with one attached hydrogen (secondary N) is 1. The summed E-state index contributed by atoms with van der Waals surface area (Å²) in [5.74, 6) is -0.193. The van der Waals surface area contributed by atoms with Gasteiger partial charge in [-0.05, 0) is 42.7 Å². The number of hydrogen-bond acceptors (Lipinski definition) is 3. The summed E-state index contributed by atoms with van der Waals surface area (Å²) in [6, 6.07) is 15.7. The molecule has 0 aromatic heterocycles. The molecule has 1 amide bonds. The van der Waals surface area contributed by atoms with Gasteiger partial charge in [0.05, 0.1) is 4.90 Å². The summed E-state index contributed by atoms with van der Waals surface area (Å²) in [6.07, 6.45) is 1.05. The molecule has 1 N–H and O–H groups in total. The lowest BCUT2D eigenvalue weighted by molar-refractivity contribution is -0.126.